The van der Waals surface area contributed by atoms with Crippen LogP contribution < -0.4 is 19.7 Å². The van der Waals surface area contributed by atoms with Crippen LogP contribution in [-0.4, -0.2) is 32.1 Å². The fraction of sp³-hybridized carbons (Fsp3) is 0.176. The molecule has 0 saturated carbocycles. The summed E-state index contributed by atoms with van der Waals surface area (Å²) in [6.07, 6.45) is 0. The lowest BCUT2D eigenvalue weighted by Crippen LogP contribution is -2.36. The largest absolute Gasteiger partial charge is 0.482 e. The minimum atomic E-state index is -0.396. The third-order valence-electron chi connectivity index (χ3n) is 3.60. The molecule has 0 spiro atoms. The van der Waals surface area contributed by atoms with Crippen LogP contribution in [0.2, 0.25) is 10.0 Å². The molecule has 3 rings (SSSR count). The fourth-order valence-electron chi connectivity index (χ4n) is 2.32. The first kappa shape index (κ1) is 17.4. The molecule has 2 amide bonds. The Morgan fingerprint density at radius 3 is 2.92 bits per heavy atom. The van der Waals surface area contributed by atoms with Crippen molar-refractivity contribution < 1.29 is 19.1 Å². The van der Waals surface area contributed by atoms with Crippen LogP contribution in [0.25, 0.3) is 0 Å². The SMILES string of the molecule is CN1C(=O)COc2c(NC(=O)COc3cc(Cl)ccc3Cl)cccc21. The van der Waals surface area contributed by atoms with E-state index in [4.69, 9.17) is 32.7 Å². The van der Waals surface area contributed by atoms with Gasteiger partial charge < -0.3 is 19.7 Å². The van der Waals surface area contributed by atoms with E-state index in [0.717, 1.165) is 0 Å². The van der Waals surface area contributed by atoms with Crippen LogP contribution in [0.4, 0.5) is 11.4 Å². The Balaban J connectivity index is 1.70. The molecule has 6 nitrogen and oxygen atoms in total. The van der Waals surface area contributed by atoms with Crippen molar-refractivity contribution in [2.45, 2.75) is 0 Å². The number of para-hydroxylation sites is 1. The normalized spacial score (nSPS) is 13.1. The topological polar surface area (TPSA) is 67.9 Å². The van der Waals surface area contributed by atoms with Gasteiger partial charge in [-0.2, -0.15) is 0 Å². The zero-order valence-electron chi connectivity index (χ0n) is 13.2. The summed E-state index contributed by atoms with van der Waals surface area (Å²) in [6.45, 7) is -0.330. The number of benzene rings is 2. The lowest BCUT2D eigenvalue weighted by atomic mass is 10.2. The Morgan fingerprint density at radius 1 is 1.32 bits per heavy atom. The van der Waals surface area contributed by atoms with Gasteiger partial charge in [-0.25, -0.2) is 0 Å². The van der Waals surface area contributed by atoms with Crippen LogP contribution in [0.3, 0.4) is 0 Å². The van der Waals surface area contributed by atoms with Crippen LogP contribution in [0.1, 0.15) is 0 Å². The average Bonchev–Trinajstić information content (AvgIpc) is 2.59. The fourth-order valence-corrected chi connectivity index (χ4v) is 2.66. The number of nitrogens with one attached hydrogen (secondary N) is 1. The smallest absolute Gasteiger partial charge is 0.264 e. The summed E-state index contributed by atoms with van der Waals surface area (Å²) in [5.41, 5.74) is 1.05. The van der Waals surface area contributed by atoms with Crippen molar-refractivity contribution in [3.63, 3.8) is 0 Å². The van der Waals surface area contributed by atoms with Crippen LogP contribution >= 0.6 is 23.2 Å². The molecule has 0 aromatic heterocycles. The summed E-state index contributed by atoms with van der Waals surface area (Å²) >= 11 is 11.9. The molecule has 2 aromatic carbocycles. The van der Waals surface area contributed by atoms with Gasteiger partial charge in [0.2, 0.25) is 0 Å². The number of hydrogen-bond acceptors (Lipinski definition) is 4. The number of amides is 2. The van der Waals surface area contributed by atoms with Gasteiger partial charge in [0.15, 0.2) is 19.0 Å². The Bertz CT molecular complexity index is 841. The third-order valence-corrected chi connectivity index (χ3v) is 4.14. The molecule has 25 heavy (non-hydrogen) atoms. The number of nitrogens with zero attached hydrogens (tertiary/aromatic N) is 1. The van der Waals surface area contributed by atoms with E-state index in [9.17, 15) is 9.59 Å². The zero-order valence-corrected chi connectivity index (χ0v) is 14.7. The molecular formula is C17H14Cl2N2O4. The summed E-state index contributed by atoms with van der Waals surface area (Å²) in [4.78, 5) is 25.3. The predicted octanol–water partition coefficient (Wildman–Crippen LogP) is 3.37. The van der Waals surface area contributed by atoms with Gasteiger partial charge in [0.25, 0.3) is 11.8 Å². The van der Waals surface area contributed by atoms with Gasteiger partial charge >= 0.3 is 0 Å². The first-order chi connectivity index (χ1) is 12.0. The van der Waals surface area contributed by atoms with Crippen molar-refractivity contribution >= 4 is 46.4 Å². The van der Waals surface area contributed by atoms with Crippen molar-refractivity contribution in [1.29, 1.82) is 0 Å². The van der Waals surface area contributed by atoms with Crippen molar-refractivity contribution in [2.24, 2.45) is 0 Å². The van der Waals surface area contributed by atoms with E-state index in [1.54, 1.807) is 37.4 Å². The molecule has 0 radical (unpaired) electrons. The van der Waals surface area contributed by atoms with Crippen molar-refractivity contribution in [3.8, 4) is 11.5 Å². The van der Waals surface area contributed by atoms with Gasteiger partial charge in [0, 0.05) is 18.1 Å². The third kappa shape index (κ3) is 3.81. The van der Waals surface area contributed by atoms with Gasteiger partial charge in [-0.1, -0.05) is 29.3 Å². The second-order valence-electron chi connectivity index (χ2n) is 5.31. The summed E-state index contributed by atoms with van der Waals surface area (Å²) in [5, 5.41) is 3.52. The molecule has 0 bridgehead atoms. The zero-order chi connectivity index (χ0) is 18.0. The van der Waals surface area contributed by atoms with E-state index in [1.165, 1.54) is 11.0 Å². The highest BCUT2D eigenvalue weighted by Gasteiger charge is 2.25. The lowest BCUT2D eigenvalue weighted by Gasteiger charge is -2.27. The molecule has 0 aliphatic carbocycles. The Hall–Kier alpha value is -2.44. The van der Waals surface area contributed by atoms with Crippen LogP contribution in [0, 0.1) is 0 Å². The maximum Gasteiger partial charge on any atom is 0.264 e. The number of ether oxygens (including phenoxy) is 2. The second-order valence-corrected chi connectivity index (χ2v) is 6.15. The minimum Gasteiger partial charge on any atom is -0.482 e. The van der Waals surface area contributed by atoms with Crippen LogP contribution in [-0.2, 0) is 9.59 Å². The Morgan fingerprint density at radius 2 is 2.12 bits per heavy atom. The van der Waals surface area contributed by atoms with E-state index in [-0.39, 0.29) is 19.1 Å². The highest BCUT2D eigenvalue weighted by Crippen LogP contribution is 2.38. The molecule has 1 aliphatic heterocycles. The molecular weight excluding hydrogens is 367 g/mol. The van der Waals surface area contributed by atoms with E-state index >= 15 is 0 Å². The number of anilines is 2. The Kier molecular flexibility index (Phi) is 5.01. The van der Waals surface area contributed by atoms with Crippen molar-refractivity contribution in [1.82, 2.24) is 0 Å². The first-order valence-corrected chi connectivity index (χ1v) is 8.11. The van der Waals surface area contributed by atoms with E-state index in [0.29, 0.717) is 32.9 Å². The monoisotopic (exact) mass is 380 g/mol. The van der Waals surface area contributed by atoms with Crippen molar-refractivity contribution in [2.75, 3.05) is 30.5 Å². The lowest BCUT2D eigenvalue weighted by molar-refractivity contribution is -0.121. The molecule has 0 fully saturated rings. The number of hydrogen-bond donors (Lipinski definition) is 1. The standard InChI is InChI=1S/C17H14Cl2N2O4/c1-21-13-4-2-3-12(17(13)25-9-16(21)23)20-15(22)8-24-14-7-10(18)5-6-11(14)19/h2-7H,8-9H2,1H3,(H,20,22). The first-order valence-electron chi connectivity index (χ1n) is 7.36. The molecule has 0 unspecified atom stereocenters. The van der Waals surface area contributed by atoms with Gasteiger partial charge in [0.05, 0.1) is 16.4 Å². The highest BCUT2D eigenvalue weighted by atomic mass is 35.5. The minimum absolute atomic E-state index is 0.0784. The summed E-state index contributed by atoms with van der Waals surface area (Å²) in [6, 6.07) is 9.90. The number of carbonyl (C=O) groups excluding carboxylic acids is 2. The molecule has 0 atom stereocenters. The maximum absolute atomic E-state index is 12.2. The Labute approximate surface area is 154 Å². The van der Waals surface area contributed by atoms with Gasteiger partial charge in [-0.3, -0.25) is 9.59 Å². The van der Waals surface area contributed by atoms with Crippen molar-refractivity contribution in [3.05, 3.63) is 46.4 Å². The average molecular weight is 381 g/mol. The number of halogens is 2. The molecule has 1 heterocycles. The maximum atomic E-state index is 12.2. The van der Waals surface area contributed by atoms with E-state index in [1.807, 2.05) is 0 Å². The molecule has 8 heteroatoms. The van der Waals surface area contributed by atoms with Gasteiger partial charge in [-0.05, 0) is 24.3 Å². The summed E-state index contributed by atoms with van der Waals surface area (Å²) in [7, 11) is 1.65. The second kappa shape index (κ2) is 7.21. The quantitative estimate of drug-likeness (QED) is 0.882. The highest BCUT2D eigenvalue weighted by molar-refractivity contribution is 6.34. The number of rotatable bonds is 4. The van der Waals surface area contributed by atoms with Crippen LogP contribution in [0.15, 0.2) is 36.4 Å². The van der Waals surface area contributed by atoms with Crippen LogP contribution in [0.5, 0.6) is 11.5 Å². The molecule has 2 aromatic rings. The summed E-state index contributed by atoms with van der Waals surface area (Å²) in [5.74, 6) is 0.210. The van der Waals surface area contributed by atoms with Gasteiger partial charge in [-0.15, -0.1) is 0 Å². The number of carbonyl (C=O) groups is 2. The summed E-state index contributed by atoms with van der Waals surface area (Å²) < 4.78 is 10.9. The number of fused-ring (bicyclic) bond motifs is 1. The van der Waals surface area contributed by atoms with Gasteiger partial charge in [0.1, 0.15) is 5.75 Å². The van der Waals surface area contributed by atoms with E-state index < -0.39 is 5.91 Å². The number of likely N-dealkylation sites (N-methyl/N-ethyl adjacent to an activating group) is 1. The predicted molar refractivity (Wildman–Crippen MR) is 95.9 cm³/mol. The molecule has 130 valence electrons. The molecule has 1 aliphatic rings. The molecule has 0 saturated heterocycles. The molecule has 1 N–H and O–H groups in total. The van der Waals surface area contributed by atoms with E-state index in [2.05, 4.69) is 5.32 Å².